The first-order valence-corrected chi connectivity index (χ1v) is 14.8. The number of aliphatic carboxylic acids is 2. The number of benzene rings is 2. The molecule has 0 saturated carbocycles. The van der Waals surface area contributed by atoms with E-state index >= 15 is 0 Å². The van der Waals surface area contributed by atoms with E-state index in [1.54, 1.807) is 24.3 Å². The summed E-state index contributed by atoms with van der Waals surface area (Å²) in [5, 5.41) is 45.6. The van der Waals surface area contributed by atoms with Gasteiger partial charge in [-0.1, -0.05) is 49.8 Å². The fourth-order valence-electron chi connectivity index (χ4n) is 6.13. The molecule has 10 nitrogen and oxygen atoms in total. The van der Waals surface area contributed by atoms with E-state index in [-0.39, 0.29) is 126 Å². The standard InChI is InChI=1S/C36H38N2O8.3Na/c1-22(8-6-10-29-35(2,3)25-20-23(33(43)44)12-14-27(25)37(29)18-16-31(39)40)9-7-11-30-36(4,5)26-21-24(34(45)46)13-15-28(26)38(30)19-17-32(41)42;;;/h6-15,20-21H,16-19H2,1-5H3,(H3-,39,40,41,42,43,44,45,46);;;/q;3*+1/p-3. The predicted molar refractivity (Wildman–Crippen MR) is 164 cm³/mol. The number of hydrogen-bond acceptors (Lipinski definition) is 9. The van der Waals surface area contributed by atoms with Crippen LogP contribution in [0.5, 0.6) is 0 Å². The van der Waals surface area contributed by atoms with E-state index in [1.807, 2.05) is 80.6 Å². The van der Waals surface area contributed by atoms with E-state index in [4.69, 9.17) is 0 Å². The Morgan fingerprint density at radius 1 is 0.776 bits per heavy atom. The van der Waals surface area contributed by atoms with Gasteiger partial charge in [-0.05, 0) is 67.8 Å². The van der Waals surface area contributed by atoms with Crippen molar-refractivity contribution in [1.29, 1.82) is 0 Å². The molecule has 0 bridgehead atoms. The normalized spacial score (nSPS) is 16.6. The van der Waals surface area contributed by atoms with Crippen LogP contribution in [0.4, 0.5) is 11.4 Å². The first kappa shape index (κ1) is 44.8. The summed E-state index contributed by atoms with van der Waals surface area (Å²) < 4.78 is 1.86. The topological polar surface area (TPSA) is 167 Å². The molecule has 0 atom stereocenters. The number of hydrogen-bond donors (Lipinski definition) is 0. The van der Waals surface area contributed by atoms with Crippen molar-refractivity contribution < 1.29 is 133 Å². The van der Waals surface area contributed by atoms with Gasteiger partial charge in [0.1, 0.15) is 0 Å². The number of carboxylic acids is 4. The smallest absolute Gasteiger partial charge is 0.550 e. The maximum atomic E-state index is 11.5. The van der Waals surface area contributed by atoms with E-state index in [1.165, 1.54) is 12.1 Å². The second-order valence-corrected chi connectivity index (χ2v) is 12.4. The summed E-state index contributed by atoms with van der Waals surface area (Å²) in [6.07, 6.45) is 10.7. The van der Waals surface area contributed by atoms with Gasteiger partial charge in [-0.2, -0.15) is 4.58 Å². The van der Waals surface area contributed by atoms with E-state index < -0.39 is 34.7 Å². The van der Waals surface area contributed by atoms with Crippen LogP contribution >= 0.6 is 0 Å². The number of aromatic carboxylic acids is 2. The van der Waals surface area contributed by atoms with Crippen LogP contribution in [0.3, 0.4) is 0 Å². The Morgan fingerprint density at radius 2 is 1.35 bits per heavy atom. The van der Waals surface area contributed by atoms with Gasteiger partial charge in [0.15, 0.2) is 12.3 Å². The van der Waals surface area contributed by atoms with Gasteiger partial charge in [-0.3, -0.25) is 0 Å². The van der Waals surface area contributed by atoms with E-state index in [0.717, 1.165) is 39.5 Å². The van der Waals surface area contributed by atoms with Crippen LogP contribution in [0.2, 0.25) is 0 Å². The third kappa shape index (κ3) is 9.96. The van der Waals surface area contributed by atoms with Crippen molar-refractivity contribution >= 4 is 41.0 Å². The fourth-order valence-corrected chi connectivity index (χ4v) is 6.13. The maximum absolute atomic E-state index is 11.5. The summed E-state index contributed by atoms with van der Waals surface area (Å²) in [6.45, 7) is 9.95. The van der Waals surface area contributed by atoms with Gasteiger partial charge in [0.25, 0.3) is 0 Å². The van der Waals surface area contributed by atoms with Gasteiger partial charge in [-0.25, -0.2) is 0 Å². The van der Waals surface area contributed by atoms with Crippen molar-refractivity contribution in [2.24, 2.45) is 0 Å². The second kappa shape index (κ2) is 18.3. The fraction of sp³-hybridized carbons (Fsp3) is 0.306. The molecule has 13 heteroatoms. The number of carbonyl (C=O) groups is 4. The van der Waals surface area contributed by atoms with E-state index in [9.17, 15) is 39.6 Å². The quantitative estimate of drug-likeness (QED) is 0.119. The Bertz CT molecular complexity index is 1790. The maximum Gasteiger partial charge on any atom is 1.00 e. The molecule has 4 rings (SSSR count). The van der Waals surface area contributed by atoms with Crippen LogP contribution in [-0.2, 0) is 20.4 Å². The van der Waals surface area contributed by atoms with Crippen LogP contribution in [-0.4, -0.2) is 47.3 Å². The minimum Gasteiger partial charge on any atom is -0.550 e. The molecule has 240 valence electrons. The summed E-state index contributed by atoms with van der Waals surface area (Å²) in [6, 6.07) is 9.33. The Labute approximate surface area is 352 Å². The first-order chi connectivity index (χ1) is 21.5. The Morgan fingerprint density at radius 3 is 1.92 bits per heavy atom. The van der Waals surface area contributed by atoms with Crippen molar-refractivity contribution in [3.05, 3.63) is 106 Å². The molecule has 2 heterocycles. The number of allylic oxidation sites excluding steroid dienone is 8. The number of fused-ring (bicyclic) bond motifs is 2. The molecule has 2 aliphatic heterocycles. The number of rotatable bonds is 12. The summed E-state index contributed by atoms with van der Waals surface area (Å²) in [4.78, 5) is 47.4. The molecular weight excluding hydrogens is 657 g/mol. The summed E-state index contributed by atoms with van der Waals surface area (Å²) in [7, 11) is 0. The third-order valence-corrected chi connectivity index (χ3v) is 8.56. The summed E-state index contributed by atoms with van der Waals surface area (Å²) >= 11 is 0. The van der Waals surface area contributed by atoms with Crippen LogP contribution in [0.1, 0.15) is 79.3 Å². The predicted octanol–water partition coefficient (Wildman–Crippen LogP) is -8.18. The molecular formula is C36H35N2Na3O8. The molecule has 49 heavy (non-hydrogen) atoms. The largest absolute Gasteiger partial charge is 1.00 e. The zero-order chi connectivity index (χ0) is 34.0. The zero-order valence-corrected chi connectivity index (χ0v) is 35.4. The van der Waals surface area contributed by atoms with Crippen molar-refractivity contribution in [2.75, 3.05) is 18.0 Å². The molecule has 0 saturated heterocycles. The third-order valence-electron chi connectivity index (χ3n) is 8.56. The van der Waals surface area contributed by atoms with Gasteiger partial charge in [0.2, 0.25) is 5.69 Å². The average molecular weight is 693 g/mol. The number of anilines is 1. The molecule has 0 amide bonds. The molecule has 0 aliphatic carbocycles. The van der Waals surface area contributed by atoms with Crippen LogP contribution in [0.15, 0.2) is 84.1 Å². The van der Waals surface area contributed by atoms with Crippen LogP contribution in [0, 0.1) is 0 Å². The molecule has 0 spiro atoms. The molecule has 2 aromatic carbocycles. The summed E-state index contributed by atoms with van der Waals surface area (Å²) in [5.74, 6) is -4.97. The molecule has 2 aromatic rings. The minimum absolute atomic E-state index is 0. The molecule has 0 fully saturated rings. The molecule has 0 radical (unpaired) electrons. The number of nitrogens with zero attached hydrogens (tertiary/aromatic N) is 2. The Hall–Kier alpha value is -2.25. The minimum atomic E-state index is -1.29. The summed E-state index contributed by atoms with van der Waals surface area (Å²) in [5.41, 5.74) is 4.21. The van der Waals surface area contributed by atoms with Gasteiger partial charge in [0.05, 0.1) is 17.4 Å². The Balaban J connectivity index is 0.00000400. The van der Waals surface area contributed by atoms with Crippen molar-refractivity contribution in [3.63, 3.8) is 0 Å². The molecule has 0 aromatic heterocycles. The SMILES string of the molecule is CC(/C=C/C=C1/N(CCC(=O)[O-])c2ccc(C(=O)[O-])cc2C1(C)C)=C\C=C\C1=[N+](CCC(=O)[O-])c2ccc(C(=O)[O-])cc2C1(C)C.[Na+].[Na+].[Na+]. The van der Waals surface area contributed by atoms with Crippen LogP contribution < -0.4 is 114 Å². The average Bonchev–Trinajstić information content (AvgIpc) is 3.32. The van der Waals surface area contributed by atoms with E-state index in [2.05, 4.69) is 0 Å². The van der Waals surface area contributed by atoms with Crippen molar-refractivity contribution in [2.45, 2.75) is 58.3 Å². The zero-order valence-electron chi connectivity index (χ0n) is 29.4. The molecule has 0 unspecified atom stereocenters. The van der Waals surface area contributed by atoms with Gasteiger partial charge in [-0.15, -0.1) is 0 Å². The van der Waals surface area contributed by atoms with Gasteiger partial charge < -0.3 is 44.5 Å². The number of carbonyl (C=O) groups excluding carboxylic acids is 4. The van der Waals surface area contributed by atoms with Crippen LogP contribution in [0.25, 0.3) is 0 Å². The van der Waals surface area contributed by atoms with Gasteiger partial charge >= 0.3 is 88.7 Å². The second-order valence-electron chi connectivity index (χ2n) is 12.4. The first-order valence-electron chi connectivity index (χ1n) is 14.8. The van der Waals surface area contributed by atoms with Crippen molar-refractivity contribution in [3.8, 4) is 0 Å². The monoisotopic (exact) mass is 692 g/mol. The van der Waals surface area contributed by atoms with Gasteiger partial charge in [0, 0.05) is 65.8 Å². The van der Waals surface area contributed by atoms with E-state index in [0.29, 0.717) is 0 Å². The van der Waals surface area contributed by atoms with Crippen molar-refractivity contribution in [1.82, 2.24) is 0 Å². The molecule has 0 N–H and O–H groups in total. The Kier molecular flexibility index (Phi) is 16.7. The number of carboxylic acid groups (broad SMARTS) is 4. The molecule has 2 aliphatic rings.